The first-order valence-electron chi connectivity index (χ1n) is 5.68. The average molecular weight is 321 g/mol. The lowest BCUT2D eigenvalue weighted by Crippen LogP contribution is -2.43. The maximum absolute atomic E-state index is 11.7. The van der Waals surface area contributed by atoms with Crippen molar-refractivity contribution in [2.24, 2.45) is 0 Å². The number of hydrogen-bond donors (Lipinski definition) is 3. The van der Waals surface area contributed by atoms with Crippen LogP contribution in [0.2, 0.25) is 10.0 Å². The highest BCUT2D eigenvalue weighted by atomic mass is 35.5. The topological polar surface area (TPSA) is 87.7 Å². The Morgan fingerprint density at radius 2 is 2.10 bits per heavy atom. The molecule has 110 valence electrons. The molecular weight excluding hydrogens is 307 g/mol. The molecule has 3 N–H and O–H groups in total. The molecule has 0 saturated heterocycles. The van der Waals surface area contributed by atoms with Crippen molar-refractivity contribution in [2.75, 3.05) is 19.0 Å². The van der Waals surface area contributed by atoms with Crippen LogP contribution in [0.15, 0.2) is 18.2 Å². The minimum absolute atomic E-state index is 0.155. The molecule has 0 heterocycles. The second kappa shape index (κ2) is 7.94. The number of aliphatic carboxylic acids is 1. The number of urea groups is 1. The van der Waals surface area contributed by atoms with Gasteiger partial charge in [-0.05, 0) is 18.2 Å². The van der Waals surface area contributed by atoms with Crippen LogP contribution in [0.4, 0.5) is 10.5 Å². The number of hydrogen-bond acceptors (Lipinski definition) is 3. The molecule has 0 radical (unpaired) electrons. The Morgan fingerprint density at radius 1 is 1.40 bits per heavy atom. The second-order valence-electron chi connectivity index (χ2n) is 3.89. The van der Waals surface area contributed by atoms with Crippen LogP contribution in [-0.4, -0.2) is 36.9 Å². The molecule has 1 atom stereocenters. The van der Waals surface area contributed by atoms with E-state index in [4.69, 9.17) is 33.0 Å². The number of methoxy groups -OCH3 is 1. The summed E-state index contributed by atoms with van der Waals surface area (Å²) in [7, 11) is 1.45. The van der Waals surface area contributed by atoms with E-state index in [0.717, 1.165) is 0 Å². The summed E-state index contributed by atoms with van der Waals surface area (Å²) < 4.78 is 4.78. The molecule has 0 aliphatic rings. The summed E-state index contributed by atoms with van der Waals surface area (Å²) in [6.07, 6.45) is 0.155. The summed E-state index contributed by atoms with van der Waals surface area (Å²) in [5, 5.41) is 14.4. The van der Waals surface area contributed by atoms with Crippen molar-refractivity contribution in [2.45, 2.75) is 12.5 Å². The van der Waals surface area contributed by atoms with Gasteiger partial charge in [0, 0.05) is 25.2 Å². The summed E-state index contributed by atoms with van der Waals surface area (Å²) in [5.41, 5.74) is 0.299. The first-order chi connectivity index (χ1) is 9.43. The predicted octanol–water partition coefficient (Wildman–Crippen LogP) is 2.60. The molecule has 0 bridgehead atoms. The van der Waals surface area contributed by atoms with Crippen molar-refractivity contribution in [1.82, 2.24) is 5.32 Å². The number of amides is 2. The van der Waals surface area contributed by atoms with E-state index in [1.165, 1.54) is 19.2 Å². The number of carbonyl (C=O) groups is 2. The quantitative estimate of drug-likeness (QED) is 0.751. The highest BCUT2D eigenvalue weighted by molar-refractivity contribution is 6.35. The number of ether oxygens (including phenoxy) is 1. The Bertz CT molecular complexity index is 496. The van der Waals surface area contributed by atoms with Gasteiger partial charge in [-0.25, -0.2) is 9.59 Å². The van der Waals surface area contributed by atoms with Crippen molar-refractivity contribution in [3.63, 3.8) is 0 Å². The largest absolute Gasteiger partial charge is 0.480 e. The lowest BCUT2D eigenvalue weighted by Gasteiger charge is -2.15. The van der Waals surface area contributed by atoms with Crippen molar-refractivity contribution < 1.29 is 19.4 Å². The van der Waals surface area contributed by atoms with Gasteiger partial charge in [0.05, 0.1) is 10.7 Å². The van der Waals surface area contributed by atoms with Gasteiger partial charge in [-0.15, -0.1) is 0 Å². The SMILES string of the molecule is COCCC(NC(=O)Nc1cc(Cl)ccc1Cl)C(=O)O. The number of anilines is 1. The fourth-order valence-electron chi connectivity index (χ4n) is 1.40. The zero-order valence-corrected chi connectivity index (χ0v) is 12.2. The lowest BCUT2D eigenvalue weighted by atomic mass is 10.2. The number of benzene rings is 1. The predicted molar refractivity (Wildman–Crippen MR) is 76.5 cm³/mol. The van der Waals surface area contributed by atoms with Crippen molar-refractivity contribution >= 4 is 40.9 Å². The molecule has 8 heteroatoms. The van der Waals surface area contributed by atoms with Gasteiger partial charge in [0.1, 0.15) is 6.04 Å². The number of rotatable bonds is 6. The molecule has 6 nitrogen and oxygen atoms in total. The highest BCUT2D eigenvalue weighted by Gasteiger charge is 2.19. The first kappa shape index (κ1) is 16.6. The van der Waals surface area contributed by atoms with Crippen molar-refractivity contribution in [1.29, 1.82) is 0 Å². The Kier molecular flexibility index (Phi) is 6.57. The Labute approximate surface area is 126 Å². The van der Waals surface area contributed by atoms with Gasteiger partial charge in [-0.1, -0.05) is 23.2 Å². The lowest BCUT2D eigenvalue weighted by molar-refractivity contribution is -0.139. The number of carboxylic acids is 1. The maximum Gasteiger partial charge on any atom is 0.326 e. The van der Waals surface area contributed by atoms with Crippen molar-refractivity contribution in [3.8, 4) is 0 Å². The van der Waals surface area contributed by atoms with Gasteiger partial charge in [-0.2, -0.15) is 0 Å². The summed E-state index contributed by atoms with van der Waals surface area (Å²) in [6.45, 7) is 0.217. The zero-order chi connectivity index (χ0) is 15.1. The molecule has 0 saturated carbocycles. The number of halogens is 2. The molecule has 20 heavy (non-hydrogen) atoms. The average Bonchev–Trinajstić information content (AvgIpc) is 2.38. The molecule has 2 amide bonds. The van der Waals surface area contributed by atoms with E-state index in [1.54, 1.807) is 6.07 Å². The molecule has 1 aromatic rings. The van der Waals surface area contributed by atoms with Gasteiger partial charge in [-0.3, -0.25) is 0 Å². The fourth-order valence-corrected chi connectivity index (χ4v) is 1.74. The maximum atomic E-state index is 11.7. The van der Waals surface area contributed by atoms with E-state index < -0.39 is 18.0 Å². The van der Waals surface area contributed by atoms with Crippen LogP contribution < -0.4 is 10.6 Å². The highest BCUT2D eigenvalue weighted by Crippen LogP contribution is 2.25. The first-order valence-corrected chi connectivity index (χ1v) is 6.44. The summed E-state index contributed by atoms with van der Waals surface area (Å²) >= 11 is 11.7. The molecule has 0 aliphatic carbocycles. The van der Waals surface area contributed by atoms with Gasteiger partial charge in [0.15, 0.2) is 0 Å². The number of carbonyl (C=O) groups excluding carboxylic acids is 1. The fraction of sp³-hybridized carbons (Fsp3) is 0.333. The molecule has 1 unspecified atom stereocenters. The van der Waals surface area contributed by atoms with Crippen LogP contribution in [0.5, 0.6) is 0 Å². The zero-order valence-electron chi connectivity index (χ0n) is 10.7. The minimum Gasteiger partial charge on any atom is -0.480 e. The van der Waals surface area contributed by atoms with Gasteiger partial charge in [0.25, 0.3) is 0 Å². The Hall–Kier alpha value is -1.50. The van der Waals surface area contributed by atoms with Gasteiger partial charge < -0.3 is 20.5 Å². The van der Waals surface area contributed by atoms with E-state index in [9.17, 15) is 9.59 Å². The summed E-state index contributed by atoms with van der Waals surface area (Å²) in [5.74, 6) is -1.14. The van der Waals surface area contributed by atoms with E-state index in [0.29, 0.717) is 15.7 Å². The van der Waals surface area contributed by atoms with Gasteiger partial charge in [0.2, 0.25) is 0 Å². The van der Waals surface area contributed by atoms with E-state index in [1.807, 2.05) is 0 Å². The summed E-state index contributed by atoms with van der Waals surface area (Å²) in [4.78, 5) is 22.7. The molecule has 1 rings (SSSR count). The standard InChI is InChI=1S/C12H14Cl2N2O4/c1-20-5-4-9(11(17)18)15-12(19)16-10-6-7(13)2-3-8(10)14/h2-3,6,9H,4-5H2,1H3,(H,17,18)(H2,15,16,19). The molecule has 0 spiro atoms. The third kappa shape index (κ3) is 5.24. The van der Waals surface area contributed by atoms with Crippen LogP contribution in [0.3, 0.4) is 0 Å². The molecule has 0 aliphatic heterocycles. The van der Waals surface area contributed by atoms with E-state index in [-0.39, 0.29) is 13.0 Å². The monoisotopic (exact) mass is 320 g/mol. The van der Waals surface area contributed by atoms with Crippen LogP contribution in [-0.2, 0) is 9.53 Å². The third-order valence-electron chi connectivity index (χ3n) is 2.39. The third-order valence-corrected chi connectivity index (χ3v) is 2.96. The second-order valence-corrected chi connectivity index (χ2v) is 4.74. The summed E-state index contributed by atoms with van der Waals surface area (Å²) in [6, 6.07) is 2.84. The van der Waals surface area contributed by atoms with Crippen LogP contribution in [0.25, 0.3) is 0 Å². The normalized spacial score (nSPS) is 11.8. The molecule has 1 aromatic carbocycles. The molecule has 0 fully saturated rings. The Balaban J connectivity index is 2.65. The molecular formula is C12H14Cl2N2O4. The van der Waals surface area contributed by atoms with Crippen molar-refractivity contribution in [3.05, 3.63) is 28.2 Å². The van der Waals surface area contributed by atoms with E-state index in [2.05, 4.69) is 10.6 Å². The minimum atomic E-state index is -1.14. The van der Waals surface area contributed by atoms with Crippen LogP contribution in [0.1, 0.15) is 6.42 Å². The smallest absolute Gasteiger partial charge is 0.326 e. The van der Waals surface area contributed by atoms with Gasteiger partial charge >= 0.3 is 12.0 Å². The Morgan fingerprint density at radius 3 is 2.70 bits per heavy atom. The van der Waals surface area contributed by atoms with Crippen LogP contribution in [0, 0.1) is 0 Å². The van der Waals surface area contributed by atoms with Crippen LogP contribution >= 0.6 is 23.2 Å². The van der Waals surface area contributed by atoms with E-state index >= 15 is 0 Å². The molecule has 0 aromatic heterocycles. The number of nitrogens with one attached hydrogen (secondary N) is 2. The number of carboxylic acid groups (broad SMARTS) is 1.